The number of benzene rings is 2. The molecule has 1 fully saturated rings. The smallest absolute Gasteiger partial charge is 0.263 e. The van der Waals surface area contributed by atoms with Crippen LogP contribution in [0.2, 0.25) is 0 Å². The van der Waals surface area contributed by atoms with E-state index in [2.05, 4.69) is 14.7 Å². The highest BCUT2D eigenvalue weighted by atomic mass is 32.2. The third kappa shape index (κ3) is 7.25. The fourth-order valence-electron chi connectivity index (χ4n) is 3.53. The molecule has 4 rings (SSSR count). The highest BCUT2D eigenvalue weighted by Gasteiger charge is 2.23. The van der Waals surface area contributed by atoms with Crippen LogP contribution in [0.1, 0.15) is 0 Å². The number of methoxy groups -OCH3 is 1. The Morgan fingerprint density at radius 2 is 1.77 bits per heavy atom. The number of ether oxygens (including phenoxy) is 5. The molecule has 1 aliphatic rings. The van der Waals surface area contributed by atoms with Crippen molar-refractivity contribution in [1.82, 2.24) is 14.9 Å². The summed E-state index contributed by atoms with van der Waals surface area (Å²) in [6, 6.07) is 12.3. The van der Waals surface area contributed by atoms with E-state index in [9.17, 15) is 18.3 Å². The minimum absolute atomic E-state index is 0.0867. The van der Waals surface area contributed by atoms with Crippen molar-refractivity contribution in [1.29, 1.82) is 0 Å². The van der Waals surface area contributed by atoms with Gasteiger partial charge in [-0.05, 0) is 36.4 Å². The zero-order chi connectivity index (χ0) is 27.7. The predicted octanol–water partition coefficient (Wildman–Crippen LogP) is 1.69. The first kappa shape index (κ1) is 27.9. The van der Waals surface area contributed by atoms with Crippen LogP contribution in [0.4, 0.5) is 5.82 Å². The lowest BCUT2D eigenvalue weighted by molar-refractivity contribution is -0.137. The van der Waals surface area contributed by atoms with Gasteiger partial charge in [0.15, 0.2) is 23.9 Å². The van der Waals surface area contributed by atoms with Crippen molar-refractivity contribution < 1.29 is 42.0 Å². The summed E-state index contributed by atoms with van der Waals surface area (Å²) in [5.41, 5.74) is 0. The zero-order valence-electron chi connectivity index (χ0n) is 21.1. The van der Waals surface area contributed by atoms with Gasteiger partial charge in [-0.25, -0.2) is 13.4 Å². The SMILES string of the molecule is COc1ccccc1Oc1c(NS(=O)(=O)c2ccc(OCC(=O)N3CCOCC3)cc2)ncnc1OCCO. The summed E-state index contributed by atoms with van der Waals surface area (Å²) in [4.78, 5) is 21.9. The molecule has 0 saturated carbocycles. The molecule has 1 amide bonds. The van der Waals surface area contributed by atoms with Crippen LogP contribution >= 0.6 is 0 Å². The molecular formula is C25H28N4O9S. The Kier molecular flexibility index (Phi) is 9.35. The molecule has 0 spiro atoms. The van der Waals surface area contributed by atoms with Crippen molar-refractivity contribution in [3.05, 3.63) is 54.9 Å². The molecule has 39 heavy (non-hydrogen) atoms. The lowest BCUT2D eigenvalue weighted by Crippen LogP contribution is -2.42. The molecule has 2 N–H and O–H groups in total. The average molecular weight is 561 g/mol. The number of hydrogen-bond donors (Lipinski definition) is 2. The number of anilines is 1. The number of para-hydroxylation sites is 2. The summed E-state index contributed by atoms with van der Waals surface area (Å²) in [5, 5.41) is 9.18. The summed E-state index contributed by atoms with van der Waals surface area (Å²) in [6.45, 7) is 1.39. The maximum atomic E-state index is 13.2. The van der Waals surface area contributed by atoms with Crippen LogP contribution in [0, 0.1) is 0 Å². The van der Waals surface area contributed by atoms with Crippen LogP contribution in [0.15, 0.2) is 59.8 Å². The first-order valence-corrected chi connectivity index (χ1v) is 13.4. The number of amides is 1. The number of aliphatic hydroxyl groups excluding tert-OH is 1. The van der Waals surface area contributed by atoms with E-state index in [0.29, 0.717) is 37.8 Å². The van der Waals surface area contributed by atoms with Crippen LogP contribution in [-0.4, -0.2) is 87.5 Å². The number of nitrogens with one attached hydrogen (secondary N) is 1. The lowest BCUT2D eigenvalue weighted by atomic mass is 10.3. The molecule has 14 heteroatoms. The summed E-state index contributed by atoms with van der Waals surface area (Å²) >= 11 is 0. The van der Waals surface area contributed by atoms with Crippen molar-refractivity contribution >= 4 is 21.7 Å². The monoisotopic (exact) mass is 560 g/mol. The number of nitrogens with zero attached hydrogens (tertiary/aromatic N) is 3. The number of hydrogen-bond acceptors (Lipinski definition) is 11. The van der Waals surface area contributed by atoms with E-state index in [1.807, 2.05) is 0 Å². The minimum atomic E-state index is -4.15. The molecule has 0 aliphatic carbocycles. The van der Waals surface area contributed by atoms with Gasteiger partial charge in [-0.2, -0.15) is 4.98 Å². The van der Waals surface area contributed by atoms with E-state index in [1.165, 1.54) is 31.4 Å². The van der Waals surface area contributed by atoms with Gasteiger partial charge in [-0.15, -0.1) is 0 Å². The summed E-state index contributed by atoms with van der Waals surface area (Å²) < 4.78 is 56.2. The van der Waals surface area contributed by atoms with Gasteiger partial charge in [-0.3, -0.25) is 9.52 Å². The molecule has 0 atom stereocenters. The summed E-state index contributed by atoms with van der Waals surface area (Å²) in [5.74, 6) is 0.389. The first-order chi connectivity index (χ1) is 18.9. The standard InChI is InChI=1S/C25H28N4O9S/c1-34-20-4-2-3-5-21(20)38-23-24(26-17-27-25(23)36-15-12-30)28-39(32,33)19-8-6-18(7-9-19)37-16-22(31)29-10-13-35-14-11-29/h2-9,17,30H,10-16H2,1H3,(H,26,27,28). The third-order valence-electron chi connectivity index (χ3n) is 5.47. The minimum Gasteiger partial charge on any atom is -0.493 e. The molecule has 13 nitrogen and oxygen atoms in total. The molecule has 1 saturated heterocycles. The fraction of sp³-hybridized carbons (Fsp3) is 0.320. The third-order valence-corrected chi connectivity index (χ3v) is 6.83. The summed E-state index contributed by atoms with van der Waals surface area (Å²) in [6.07, 6.45) is 1.10. The van der Waals surface area contributed by atoms with E-state index in [4.69, 9.17) is 23.7 Å². The molecular weight excluding hydrogens is 532 g/mol. The Balaban J connectivity index is 1.51. The fourth-order valence-corrected chi connectivity index (χ4v) is 4.54. The van der Waals surface area contributed by atoms with Crippen molar-refractivity contribution in [2.75, 3.05) is 58.0 Å². The number of sulfonamides is 1. The topological polar surface area (TPSA) is 159 Å². The molecule has 208 valence electrons. The summed E-state index contributed by atoms with van der Waals surface area (Å²) in [7, 11) is -2.69. The molecule has 1 aliphatic heterocycles. The van der Waals surface area contributed by atoms with E-state index in [-0.39, 0.29) is 53.8 Å². The normalized spacial score (nSPS) is 13.4. The Morgan fingerprint density at radius 1 is 1.05 bits per heavy atom. The second kappa shape index (κ2) is 13.1. The van der Waals surface area contributed by atoms with Crippen molar-refractivity contribution in [3.8, 4) is 28.9 Å². The molecule has 1 aromatic heterocycles. The van der Waals surface area contributed by atoms with E-state index < -0.39 is 10.0 Å². The van der Waals surface area contributed by atoms with Gasteiger partial charge < -0.3 is 33.7 Å². The van der Waals surface area contributed by atoms with Crippen LogP contribution < -0.4 is 23.7 Å². The molecule has 0 bridgehead atoms. The highest BCUT2D eigenvalue weighted by Crippen LogP contribution is 2.39. The number of carbonyl (C=O) groups is 1. The molecule has 2 aromatic carbocycles. The average Bonchev–Trinajstić information content (AvgIpc) is 2.96. The van der Waals surface area contributed by atoms with E-state index in [0.717, 1.165) is 6.33 Å². The second-order valence-electron chi connectivity index (χ2n) is 8.04. The number of carbonyl (C=O) groups excluding carboxylic acids is 1. The van der Waals surface area contributed by atoms with Gasteiger partial charge >= 0.3 is 0 Å². The van der Waals surface area contributed by atoms with Gasteiger partial charge in [0.05, 0.1) is 31.8 Å². The molecule has 3 aromatic rings. The van der Waals surface area contributed by atoms with Crippen LogP contribution in [0.5, 0.6) is 28.9 Å². The van der Waals surface area contributed by atoms with Crippen molar-refractivity contribution in [2.24, 2.45) is 0 Å². The maximum absolute atomic E-state index is 13.2. The van der Waals surface area contributed by atoms with E-state index in [1.54, 1.807) is 29.2 Å². The Labute approximate surface area is 225 Å². The Morgan fingerprint density at radius 3 is 2.46 bits per heavy atom. The molecule has 0 radical (unpaired) electrons. The van der Waals surface area contributed by atoms with Crippen LogP contribution in [-0.2, 0) is 19.6 Å². The zero-order valence-corrected chi connectivity index (χ0v) is 21.9. The number of aliphatic hydroxyl groups is 1. The predicted molar refractivity (Wildman–Crippen MR) is 138 cm³/mol. The van der Waals surface area contributed by atoms with E-state index >= 15 is 0 Å². The quantitative estimate of drug-likeness (QED) is 0.332. The van der Waals surface area contributed by atoms with Crippen LogP contribution in [0.3, 0.4) is 0 Å². The number of morpholine rings is 1. The van der Waals surface area contributed by atoms with Crippen LogP contribution in [0.25, 0.3) is 0 Å². The van der Waals surface area contributed by atoms with Gasteiger partial charge in [0.2, 0.25) is 5.75 Å². The van der Waals surface area contributed by atoms with Crippen molar-refractivity contribution in [3.63, 3.8) is 0 Å². The molecule has 2 heterocycles. The van der Waals surface area contributed by atoms with Gasteiger partial charge in [0, 0.05) is 13.1 Å². The number of rotatable bonds is 12. The molecule has 0 unspecified atom stereocenters. The highest BCUT2D eigenvalue weighted by molar-refractivity contribution is 7.92. The first-order valence-electron chi connectivity index (χ1n) is 11.9. The van der Waals surface area contributed by atoms with Gasteiger partial charge in [-0.1, -0.05) is 12.1 Å². The second-order valence-corrected chi connectivity index (χ2v) is 9.72. The Bertz CT molecular complexity index is 1360. The number of aromatic nitrogens is 2. The van der Waals surface area contributed by atoms with Crippen molar-refractivity contribution in [2.45, 2.75) is 4.90 Å². The largest absolute Gasteiger partial charge is 0.493 e. The van der Waals surface area contributed by atoms with Gasteiger partial charge in [0.25, 0.3) is 21.8 Å². The maximum Gasteiger partial charge on any atom is 0.263 e. The van der Waals surface area contributed by atoms with Gasteiger partial charge in [0.1, 0.15) is 18.7 Å². The Hall–Kier alpha value is -4.14. The lowest BCUT2D eigenvalue weighted by Gasteiger charge is -2.26.